The minimum atomic E-state index is -4.61. The lowest BCUT2D eigenvalue weighted by molar-refractivity contribution is -0.137. The van der Waals surface area contributed by atoms with E-state index >= 15 is 0 Å². The number of nitrogens with zero attached hydrogens (tertiary/aromatic N) is 1. The highest BCUT2D eigenvalue weighted by atomic mass is 35.5. The summed E-state index contributed by atoms with van der Waals surface area (Å²) in [7, 11) is 1.51. The number of unbranched alkanes of at least 4 members (excludes halogenated alkanes) is 1. The zero-order valence-corrected chi connectivity index (χ0v) is 15.9. The third-order valence-corrected chi connectivity index (χ3v) is 4.39. The Balaban J connectivity index is 2.73. The Labute approximate surface area is 156 Å². The van der Waals surface area contributed by atoms with Crippen LogP contribution in [0.1, 0.15) is 45.1 Å². The van der Waals surface area contributed by atoms with Gasteiger partial charge in [0.05, 0.1) is 17.1 Å². The molecule has 1 atom stereocenters. The lowest BCUT2D eigenvalue weighted by atomic mass is 9.98. The first-order valence-corrected chi connectivity index (χ1v) is 8.89. The topological polar surface area (TPSA) is 49.4 Å². The molecule has 0 radical (unpaired) electrons. The molecule has 0 saturated heterocycles. The number of alkyl halides is 3. The first kappa shape index (κ1) is 22.3. The summed E-state index contributed by atoms with van der Waals surface area (Å²) in [4.78, 5) is 25.8. The molecule has 0 aliphatic rings. The van der Waals surface area contributed by atoms with Gasteiger partial charge in [0.15, 0.2) is 0 Å². The van der Waals surface area contributed by atoms with Crippen molar-refractivity contribution in [3.8, 4) is 0 Å². The van der Waals surface area contributed by atoms with Gasteiger partial charge in [-0.3, -0.25) is 9.59 Å². The van der Waals surface area contributed by atoms with Gasteiger partial charge in [-0.2, -0.15) is 13.2 Å². The van der Waals surface area contributed by atoms with Crippen LogP contribution in [0, 0.1) is 5.92 Å². The van der Waals surface area contributed by atoms with E-state index in [9.17, 15) is 22.8 Å². The predicted octanol–water partition coefficient (Wildman–Crippen LogP) is 4.97. The molecule has 1 aromatic carbocycles. The molecular formula is C18H24ClF3N2O2. The van der Waals surface area contributed by atoms with Gasteiger partial charge in [-0.05, 0) is 31.0 Å². The van der Waals surface area contributed by atoms with Gasteiger partial charge in [0, 0.05) is 18.7 Å². The summed E-state index contributed by atoms with van der Waals surface area (Å²) in [5, 5.41) is 1.94. The van der Waals surface area contributed by atoms with Crippen molar-refractivity contribution in [1.82, 2.24) is 4.90 Å². The summed E-state index contributed by atoms with van der Waals surface area (Å²) in [5.41, 5.74) is -1.04. The van der Waals surface area contributed by atoms with E-state index in [0.29, 0.717) is 6.42 Å². The van der Waals surface area contributed by atoms with Gasteiger partial charge in [0.2, 0.25) is 11.8 Å². The van der Waals surface area contributed by atoms with E-state index in [0.717, 1.165) is 31.4 Å². The molecule has 8 heteroatoms. The Bertz CT molecular complexity index is 635. The number of anilines is 1. The molecule has 0 aromatic heterocycles. The Kier molecular flexibility index (Phi) is 8.40. The number of carbonyl (C=O) groups is 2. The number of likely N-dealkylation sites (N-methyl/N-ethyl adjacent to an activating group) is 1. The van der Waals surface area contributed by atoms with Crippen molar-refractivity contribution in [1.29, 1.82) is 0 Å². The second kappa shape index (κ2) is 9.80. The van der Waals surface area contributed by atoms with Crippen LogP contribution in [-0.2, 0) is 15.8 Å². The Morgan fingerprint density at radius 3 is 2.46 bits per heavy atom. The van der Waals surface area contributed by atoms with Crippen LogP contribution >= 0.6 is 11.6 Å². The summed E-state index contributed by atoms with van der Waals surface area (Å²) in [6.07, 6.45) is -1.28. The van der Waals surface area contributed by atoms with Crippen molar-refractivity contribution < 1.29 is 22.8 Å². The molecule has 1 N–H and O–H groups in total. The fraction of sp³-hybridized carbons (Fsp3) is 0.556. The van der Waals surface area contributed by atoms with Gasteiger partial charge in [0.1, 0.15) is 0 Å². The van der Waals surface area contributed by atoms with Crippen molar-refractivity contribution in [2.75, 3.05) is 18.9 Å². The number of nitrogens with one attached hydrogen (secondary N) is 1. The number of rotatable bonds is 8. The van der Waals surface area contributed by atoms with Crippen LogP contribution in [0.3, 0.4) is 0 Å². The van der Waals surface area contributed by atoms with Crippen LogP contribution in [0.2, 0.25) is 5.02 Å². The molecule has 0 spiro atoms. The average molecular weight is 393 g/mol. The molecule has 146 valence electrons. The summed E-state index contributed by atoms with van der Waals surface area (Å²) in [5.74, 6) is -0.857. The maximum atomic E-state index is 12.9. The maximum Gasteiger partial charge on any atom is 0.417 e. The molecule has 26 heavy (non-hydrogen) atoms. The quantitative estimate of drug-likeness (QED) is 0.678. The molecule has 0 aliphatic heterocycles. The average Bonchev–Trinajstić information content (AvgIpc) is 2.55. The number of carbonyl (C=O) groups excluding carboxylic acids is 2. The summed E-state index contributed by atoms with van der Waals surface area (Å²) in [6, 6.07) is 3.14. The predicted molar refractivity (Wildman–Crippen MR) is 96.0 cm³/mol. The smallest absolute Gasteiger partial charge is 0.336 e. The van der Waals surface area contributed by atoms with Crippen molar-refractivity contribution in [3.63, 3.8) is 0 Å². The second-order valence-corrected chi connectivity index (χ2v) is 6.59. The fourth-order valence-corrected chi connectivity index (χ4v) is 2.80. The van der Waals surface area contributed by atoms with Gasteiger partial charge in [-0.25, -0.2) is 0 Å². The van der Waals surface area contributed by atoms with E-state index < -0.39 is 22.7 Å². The highest BCUT2D eigenvalue weighted by Crippen LogP contribution is 2.36. The monoisotopic (exact) mass is 392 g/mol. The van der Waals surface area contributed by atoms with Gasteiger partial charge < -0.3 is 10.2 Å². The Morgan fingerprint density at radius 2 is 1.92 bits per heavy atom. The van der Waals surface area contributed by atoms with E-state index in [2.05, 4.69) is 5.32 Å². The molecule has 0 bridgehead atoms. The molecule has 0 unspecified atom stereocenters. The molecule has 4 nitrogen and oxygen atoms in total. The maximum absolute atomic E-state index is 12.9. The van der Waals surface area contributed by atoms with Crippen molar-refractivity contribution >= 4 is 29.1 Å². The van der Waals surface area contributed by atoms with Gasteiger partial charge in [-0.15, -0.1) is 0 Å². The number of hydrogen-bond donors (Lipinski definition) is 1. The van der Waals surface area contributed by atoms with E-state index in [4.69, 9.17) is 11.6 Å². The number of halogens is 4. The SMILES string of the molecule is CCCC[C@H](CC)C(=O)N(C)CC(=O)Nc1ccc(Cl)c(C(F)(F)F)c1. The normalized spacial score (nSPS) is 12.6. The fourth-order valence-electron chi connectivity index (χ4n) is 2.58. The molecule has 2 amide bonds. The molecule has 0 fully saturated rings. The molecule has 0 saturated carbocycles. The van der Waals surface area contributed by atoms with E-state index in [-0.39, 0.29) is 24.1 Å². The largest absolute Gasteiger partial charge is 0.417 e. The third kappa shape index (κ3) is 6.52. The summed E-state index contributed by atoms with van der Waals surface area (Å²) >= 11 is 5.55. The Morgan fingerprint density at radius 1 is 1.27 bits per heavy atom. The van der Waals surface area contributed by atoms with Crippen molar-refractivity contribution in [3.05, 3.63) is 28.8 Å². The molecule has 0 aliphatic carbocycles. The summed E-state index contributed by atoms with van der Waals surface area (Å²) in [6.45, 7) is 3.72. The minimum Gasteiger partial charge on any atom is -0.336 e. The van der Waals surface area contributed by atoms with Gasteiger partial charge in [-0.1, -0.05) is 38.3 Å². The van der Waals surface area contributed by atoms with Crippen LogP contribution < -0.4 is 5.32 Å². The standard InChI is InChI=1S/C18H24ClF3N2O2/c1-4-6-7-12(5-2)17(26)24(3)11-16(25)23-13-8-9-15(19)14(10-13)18(20,21)22/h8-10,12H,4-7,11H2,1-3H3,(H,23,25)/t12-/m0/s1. The minimum absolute atomic E-state index is 0.0226. The highest BCUT2D eigenvalue weighted by molar-refractivity contribution is 6.31. The van der Waals surface area contributed by atoms with Crippen molar-refractivity contribution in [2.45, 2.75) is 45.7 Å². The zero-order chi connectivity index (χ0) is 19.9. The van der Waals surface area contributed by atoms with Crippen molar-refractivity contribution in [2.24, 2.45) is 5.92 Å². The van der Waals surface area contributed by atoms with Gasteiger partial charge >= 0.3 is 6.18 Å². The molecule has 1 aromatic rings. The number of hydrogen-bond acceptors (Lipinski definition) is 2. The van der Waals surface area contributed by atoms with Crippen LogP contribution in [0.25, 0.3) is 0 Å². The number of amides is 2. The van der Waals surface area contributed by atoms with Crippen LogP contribution in [-0.4, -0.2) is 30.3 Å². The van der Waals surface area contributed by atoms with E-state index in [1.807, 2.05) is 13.8 Å². The first-order valence-electron chi connectivity index (χ1n) is 8.51. The van der Waals surface area contributed by atoms with E-state index in [1.165, 1.54) is 18.0 Å². The second-order valence-electron chi connectivity index (χ2n) is 6.18. The zero-order valence-electron chi connectivity index (χ0n) is 15.1. The van der Waals surface area contributed by atoms with Crippen LogP contribution in [0.5, 0.6) is 0 Å². The lowest BCUT2D eigenvalue weighted by Gasteiger charge is -2.22. The van der Waals surface area contributed by atoms with E-state index in [1.54, 1.807) is 0 Å². The highest BCUT2D eigenvalue weighted by Gasteiger charge is 2.33. The molecular weight excluding hydrogens is 369 g/mol. The lowest BCUT2D eigenvalue weighted by Crippen LogP contribution is -2.38. The first-order chi connectivity index (χ1) is 12.1. The molecule has 1 rings (SSSR count). The Hall–Kier alpha value is -1.76. The molecule has 0 heterocycles. The number of benzene rings is 1. The van der Waals surface area contributed by atoms with Crippen LogP contribution in [0.4, 0.5) is 18.9 Å². The van der Waals surface area contributed by atoms with Gasteiger partial charge in [0.25, 0.3) is 0 Å². The summed E-state index contributed by atoms with van der Waals surface area (Å²) < 4.78 is 38.6. The van der Waals surface area contributed by atoms with Crippen LogP contribution in [0.15, 0.2) is 18.2 Å². The third-order valence-electron chi connectivity index (χ3n) is 4.06.